The lowest BCUT2D eigenvalue weighted by molar-refractivity contribution is -0.133. The van der Waals surface area contributed by atoms with Crippen LogP contribution < -0.4 is 0 Å². The minimum atomic E-state index is 0.329. The minimum Gasteiger partial charge on any atom is -0.385 e. The first kappa shape index (κ1) is 13.8. The summed E-state index contributed by atoms with van der Waals surface area (Å²) in [5.74, 6) is 0.329. The second-order valence-electron chi connectivity index (χ2n) is 5.58. The van der Waals surface area contributed by atoms with Crippen LogP contribution in [0, 0.1) is 0 Å². The zero-order valence-electron chi connectivity index (χ0n) is 11.7. The van der Waals surface area contributed by atoms with Gasteiger partial charge >= 0.3 is 0 Å². The maximum absolute atomic E-state index is 12.2. The van der Waals surface area contributed by atoms with Gasteiger partial charge < -0.3 is 14.5 Å². The molecule has 0 saturated carbocycles. The number of carbonyl (C=O) groups is 1. The number of carbonyl (C=O) groups excluding carboxylic acids is 1. The van der Waals surface area contributed by atoms with Crippen molar-refractivity contribution in [2.24, 2.45) is 0 Å². The van der Waals surface area contributed by atoms with E-state index in [9.17, 15) is 4.79 Å². The number of rotatable bonds is 5. The number of ether oxygens (including phenoxy) is 1. The van der Waals surface area contributed by atoms with Crippen molar-refractivity contribution >= 4 is 5.91 Å². The Kier molecular flexibility index (Phi) is 5.01. The van der Waals surface area contributed by atoms with Gasteiger partial charge in [-0.2, -0.15) is 0 Å². The van der Waals surface area contributed by atoms with Crippen LogP contribution in [0.5, 0.6) is 0 Å². The van der Waals surface area contributed by atoms with Gasteiger partial charge in [-0.1, -0.05) is 0 Å². The molecule has 0 aromatic rings. The molecule has 2 unspecified atom stereocenters. The summed E-state index contributed by atoms with van der Waals surface area (Å²) in [5.41, 5.74) is 0. The zero-order chi connectivity index (χ0) is 13.0. The average Bonchev–Trinajstić information content (AvgIpc) is 2.97. The van der Waals surface area contributed by atoms with Gasteiger partial charge in [0, 0.05) is 38.8 Å². The fourth-order valence-electron chi connectivity index (χ4n) is 3.44. The van der Waals surface area contributed by atoms with Crippen LogP contribution in [0.4, 0.5) is 0 Å². The molecule has 0 bridgehead atoms. The molecule has 2 saturated heterocycles. The standard InChI is InChI=1S/C14H26N2O2/c1-15-9-3-6-12(15)13-7-4-10-16(13)14(17)8-5-11-18-2/h12-13H,3-11H2,1-2H3. The normalized spacial score (nSPS) is 29.1. The fourth-order valence-corrected chi connectivity index (χ4v) is 3.44. The van der Waals surface area contributed by atoms with Gasteiger partial charge in [-0.25, -0.2) is 0 Å². The summed E-state index contributed by atoms with van der Waals surface area (Å²) in [6, 6.07) is 1.06. The van der Waals surface area contributed by atoms with Crippen molar-refractivity contribution in [2.75, 3.05) is 33.9 Å². The van der Waals surface area contributed by atoms with Crippen molar-refractivity contribution in [3.8, 4) is 0 Å². The van der Waals surface area contributed by atoms with Gasteiger partial charge in [-0.3, -0.25) is 4.79 Å². The first-order valence-corrected chi connectivity index (χ1v) is 7.22. The molecule has 0 radical (unpaired) electrons. The highest BCUT2D eigenvalue weighted by molar-refractivity contribution is 5.76. The molecule has 18 heavy (non-hydrogen) atoms. The van der Waals surface area contributed by atoms with E-state index in [1.54, 1.807) is 7.11 Å². The Bertz CT molecular complexity index is 283. The Hall–Kier alpha value is -0.610. The van der Waals surface area contributed by atoms with Crippen molar-refractivity contribution < 1.29 is 9.53 Å². The quantitative estimate of drug-likeness (QED) is 0.697. The van der Waals surface area contributed by atoms with Crippen LogP contribution in [0.2, 0.25) is 0 Å². The lowest BCUT2D eigenvalue weighted by atomic mass is 10.0. The second-order valence-corrected chi connectivity index (χ2v) is 5.58. The molecule has 2 atom stereocenters. The molecule has 0 aromatic heterocycles. The van der Waals surface area contributed by atoms with Crippen LogP contribution in [-0.4, -0.2) is 61.6 Å². The Balaban J connectivity index is 1.88. The summed E-state index contributed by atoms with van der Waals surface area (Å²) in [6.07, 6.45) is 6.38. The van der Waals surface area contributed by atoms with Crippen molar-refractivity contribution in [2.45, 2.75) is 50.6 Å². The number of methoxy groups -OCH3 is 1. The highest BCUT2D eigenvalue weighted by Crippen LogP contribution is 2.29. The number of likely N-dealkylation sites (tertiary alicyclic amines) is 2. The van der Waals surface area contributed by atoms with Crippen LogP contribution in [0.3, 0.4) is 0 Å². The largest absolute Gasteiger partial charge is 0.385 e. The Morgan fingerprint density at radius 1 is 1.22 bits per heavy atom. The van der Waals surface area contributed by atoms with Gasteiger partial charge in [-0.05, 0) is 45.7 Å². The van der Waals surface area contributed by atoms with Gasteiger partial charge in [0.05, 0.1) is 0 Å². The van der Waals surface area contributed by atoms with E-state index in [0.717, 1.165) is 13.0 Å². The average molecular weight is 254 g/mol. The maximum atomic E-state index is 12.2. The topological polar surface area (TPSA) is 32.8 Å². The van der Waals surface area contributed by atoms with Crippen molar-refractivity contribution in [1.29, 1.82) is 0 Å². The highest BCUT2D eigenvalue weighted by atomic mass is 16.5. The van der Waals surface area contributed by atoms with E-state index in [4.69, 9.17) is 4.74 Å². The van der Waals surface area contributed by atoms with Crippen molar-refractivity contribution in [1.82, 2.24) is 9.80 Å². The molecule has 2 aliphatic heterocycles. The molecule has 4 heteroatoms. The number of hydrogen-bond donors (Lipinski definition) is 0. The number of likely N-dealkylation sites (N-methyl/N-ethyl adjacent to an activating group) is 1. The Morgan fingerprint density at radius 3 is 2.61 bits per heavy atom. The third-order valence-electron chi connectivity index (χ3n) is 4.38. The predicted molar refractivity (Wildman–Crippen MR) is 71.5 cm³/mol. The Labute approximate surface area is 110 Å². The first-order valence-electron chi connectivity index (χ1n) is 7.22. The van der Waals surface area contributed by atoms with E-state index >= 15 is 0 Å². The van der Waals surface area contributed by atoms with Gasteiger partial charge in [0.1, 0.15) is 0 Å². The molecular formula is C14H26N2O2. The minimum absolute atomic E-state index is 0.329. The molecule has 0 aliphatic carbocycles. The van der Waals surface area contributed by atoms with E-state index < -0.39 is 0 Å². The zero-order valence-corrected chi connectivity index (χ0v) is 11.7. The summed E-state index contributed by atoms with van der Waals surface area (Å²) < 4.78 is 5.02. The number of nitrogens with zero attached hydrogens (tertiary/aromatic N) is 2. The van der Waals surface area contributed by atoms with Crippen molar-refractivity contribution in [3.63, 3.8) is 0 Å². The van der Waals surface area contributed by atoms with Gasteiger partial charge in [0.15, 0.2) is 0 Å². The number of amides is 1. The molecule has 2 heterocycles. The van der Waals surface area contributed by atoms with Crippen LogP contribution in [0.25, 0.3) is 0 Å². The van der Waals surface area contributed by atoms with Crippen LogP contribution in [0.15, 0.2) is 0 Å². The van der Waals surface area contributed by atoms with Gasteiger partial charge in [0.25, 0.3) is 0 Å². The van der Waals surface area contributed by atoms with Gasteiger partial charge in [0.2, 0.25) is 5.91 Å². The third-order valence-corrected chi connectivity index (χ3v) is 4.38. The summed E-state index contributed by atoms with van der Waals surface area (Å²) in [5, 5.41) is 0. The second kappa shape index (κ2) is 6.53. The molecule has 0 N–H and O–H groups in total. The monoisotopic (exact) mass is 254 g/mol. The van der Waals surface area contributed by atoms with Crippen LogP contribution in [0.1, 0.15) is 38.5 Å². The van der Waals surface area contributed by atoms with Gasteiger partial charge in [-0.15, -0.1) is 0 Å². The lowest BCUT2D eigenvalue weighted by Crippen LogP contribution is -2.47. The van der Waals surface area contributed by atoms with Crippen LogP contribution in [-0.2, 0) is 9.53 Å². The molecule has 104 valence electrons. The van der Waals surface area contributed by atoms with Crippen LogP contribution >= 0.6 is 0 Å². The third kappa shape index (κ3) is 3.04. The molecule has 2 rings (SSSR count). The maximum Gasteiger partial charge on any atom is 0.222 e. The first-order chi connectivity index (χ1) is 8.74. The molecule has 0 aromatic carbocycles. The van der Waals surface area contributed by atoms with E-state index in [1.807, 2.05) is 0 Å². The van der Waals surface area contributed by atoms with E-state index in [0.29, 0.717) is 31.0 Å². The predicted octanol–water partition coefficient (Wildman–Crippen LogP) is 1.50. The van der Waals surface area contributed by atoms with E-state index in [-0.39, 0.29) is 0 Å². The summed E-state index contributed by atoms with van der Waals surface area (Å²) >= 11 is 0. The lowest BCUT2D eigenvalue weighted by Gasteiger charge is -2.33. The Morgan fingerprint density at radius 2 is 1.94 bits per heavy atom. The molecule has 2 fully saturated rings. The summed E-state index contributed by atoms with van der Waals surface area (Å²) in [6.45, 7) is 2.83. The highest BCUT2D eigenvalue weighted by Gasteiger charge is 2.37. The summed E-state index contributed by atoms with van der Waals surface area (Å²) in [7, 11) is 3.89. The smallest absolute Gasteiger partial charge is 0.222 e. The fraction of sp³-hybridized carbons (Fsp3) is 0.929. The van der Waals surface area contributed by atoms with Crippen molar-refractivity contribution in [3.05, 3.63) is 0 Å². The molecule has 0 spiro atoms. The SMILES string of the molecule is COCCCC(=O)N1CCCC1C1CCCN1C. The molecular weight excluding hydrogens is 228 g/mol. The van der Waals surface area contributed by atoms with E-state index in [2.05, 4.69) is 16.8 Å². The molecule has 1 amide bonds. The summed E-state index contributed by atoms with van der Waals surface area (Å²) in [4.78, 5) is 16.8. The van der Waals surface area contributed by atoms with E-state index in [1.165, 1.54) is 32.2 Å². The number of hydrogen-bond acceptors (Lipinski definition) is 3. The molecule has 2 aliphatic rings. The molecule has 4 nitrogen and oxygen atoms in total.